The average Bonchev–Trinajstić information content (AvgIpc) is 3.74. The van der Waals surface area contributed by atoms with Crippen molar-refractivity contribution in [3.05, 3.63) is 77.3 Å². The number of aliphatic hydroxyl groups excluding tert-OH is 2. The van der Waals surface area contributed by atoms with Crippen molar-refractivity contribution in [2.75, 3.05) is 13.2 Å². The number of nitrogens with zero attached hydrogens (tertiary/aromatic N) is 1. The van der Waals surface area contributed by atoms with E-state index in [0.717, 1.165) is 18.9 Å². The zero-order valence-electron chi connectivity index (χ0n) is 20.4. The molecule has 36 heavy (non-hydrogen) atoms. The molecule has 1 aliphatic rings. The Balaban J connectivity index is 1.58. The monoisotopic (exact) mass is 498 g/mol. The lowest BCUT2D eigenvalue weighted by atomic mass is 10.1. The minimum absolute atomic E-state index is 0.155. The van der Waals surface area contributed by atoms with Crippen molar-refractivity contribution in [2.24, 2.45) is 11.1 Å². The van der Waals surface area contributed by atoms with Gasteiger partial charge in [-0.2, -0.15) is 0 Å². The molecule has 0 aromatic heterocycles. The van der Waals surface area contributed by atoms with Gasteiger partial charge in [0, 0.05) is 23.6 Å². The van der Waals surface area contributed by atoms with Crippen LogP contribution in [0.2, 0.25) is 0 Å². The van der Waals surface area contributed by atoms with Crippen LogP contribution in [0.25, 0.3) is 0 Å². The second-order valence-electron chi connectivity index (χ2n) is 8.65. The summed E-state index contributed by atoms with van der Waals surface area (Å²) >= 11 is 0. The molecule has 0 spiro atoms. The molecule has 1 saturated carbocycles. The van der Waals surface area contributed by atoms with E-state index in [4.69, 9.17) is 14.7 Å². The molecule has 0 saturated heterocycles. The number of carbonyl (C=O) groups is 2. The first-order chi connectivity index (χ1) is 17.2. The zero-order chi connectivity index (χ0) is 26.2. The largest absolute Gasteiger partial charge is 0.482 e. The lowest BCUT2D eigenvalue weighted by molar-refractivity contribution is 0.0799. The number of ether oxygens (including phenoxy) is 1. The van der Waals surface area contributed by atoms with Crippen molar-refractivity contribution in [3.8, 4) is 5.75 Å². The molecule has 1 fully saturated rings. The Hall–Kier alpha value is -3.56. The Bertz CT molecular complexity index is 1130. The summed E-state index contributed by atoms with van der Waals surface area (Å²) in [5.41, 5.74) is 1.23. The van der Waals surface area contributed by atoms with Gasteiger partial charge in [0.25, 0.3) is 5.91 Å². The number of hydrogen-bond acceptors (Lipinski definition) is 7. The Morgan fingerprint density at radius 1 is 1.19 bits per heavy atom. The van der Waals surface area contributed by atoms with Gasteiger partial charge in [0.2, 0.25) is 0 Å². The van der Waals surface area contributed by atoms with Gasteiger partial charge in [0.1, 0.15) is 11.6 Å². The third-order valence-corrected chi connectivity index (χ3v) is 5.74. The number of oxime groups is 1. The molecule has 8 nitrogen and oxygen atoms in total. The van der Waals surface area contributed by atoms with E-state index >= 15 is 0 Å². The van der Waals surface area contributed by atoms with E-state index in [0.29, 0.717) is 29.0 Å². The number of Topliss-reactive ketones (excluding diaryl/α,β-unsaturated/α-hetero) is 1. The van der Waals surface area contributed by atoms with Crippen molar-refractivity contribution in [3.63, 3.8) is 0 Å². The van der Waals surface area contributed by atoms with Crippen LogP contribution in [-0.2, 0) is 4.84 Å². The van der Waals surface area contributed by atoms with E-state index in [1.807, 2.05) is 6.92 Å². The van der Waals surface area contributed by atoms with E-state index in [2.05, 4.69) is 17.1 Å². The van der Waals surface area contributed by atoms with Crippen LogP contribution in [0.1, 0.15) is 59.4 Å². The molecule has 1 aliphatic carbocycles. The van der Waals surface area contributed by atoms with E-state index in [1.165, 1.54) is 12.1 Å². The maximum absolute atomic E-state index is 14.5. The predicted molar refractivity (Wildman–Crippen MR) is 132 cm³/mol. The Labute approximate surface area is 209 Å². The van der Waals surface area contributed by atoms with Crippen LogP contribution in [0.4, 0.5) is 4.39 Å². The third-order valence-electron chi connectivity index (χ3n) is 5.74. The Morgan fingerprint density at radius 2 is 1.86 bits per heavy atom. The predicted octanol–water partition coefficient (Wildman–Crippen LogP) is 3.61. The second-order valence-corrected chi connectivity index (χ2v) is 8.65. The van der Waals surface area contributed by atoms with Crippen molar-refractivity contribution in [1.82, 2.24) is 5.32 Å². The van der Waals surface area contributed by atoms with Gasteiger partial charge in [-0.3, -0.25) is 9.59 Å². The Morgan fingerprint density at radius 3 is 2.44 bits per heavy atom. The summed E-state index contributed by atoms with van der Waals surface area (Å²) in [5, 5.41) is 24.5. The molecule has 2 atom stereocenters. The summed E-state index contributed by atoms with van der Waals surface area (Å²) in [6, 6.07) is 11.0. The highest BCUT2D eigenvalue weighted by molar-refractivity contribution is 6.00. The molecular weight excluding hydrogens is 467 g/mol. The first kappa shape index (κ1) is 27.0. The van der Waals surface area contributed by atoms with E-state index in [9.17, 15) is 19.1 Å². The van der Waals surface area contributed by atoms with Crippen LogP contribution in [-0.4, -0.2) is 53.0 Å². The Kier molecular flexibility index (Phi) is 9.32. The van der Waals surface area contributed by atoms with Gasteiger partial charge < -0.3 is 25.1 Å². The summed E-state index contributed by atoms with van der Waals surface area (Å²) in [4.78, 5) is 29.7. The van der Waals surface area contributed by atoms with Gasteiger partial charge in [-0.15, -0.1) is 0 Å². The molecule has 2 aromatic rings. The molecule has 2 unspecified atom stereocenters. The average molecular weight is 499 g/mol. The number of rotatable bonds is 13. The zero-order valence-corrected chi connectivity index (χ0v) is 20.4. The van der Waals surface area contributed by atoms with E-state index in [-0.39, 0.29) is 29.6 Å². The lowest BCUT2D eigenvalue weighted by Gasteiger charge is -2.18. The summed E-state index contributed by atoms with van der Waals surface area (Å²) in [6.45, 7) is 6.70. The van der Waals surface area contributed by atoms with Gasteiger partial charge in [-0.05, 0) is 62.6 Å². The van der Waals surface area contributed by atoms with Crippen molar-refractivity contribution in [1.29, 1.82) is 0 Å². The van der Waals surface area contributed by atoms with Gasteiger partial charge in [-0.1, -0.05) is 24.7 Å². The minimum Gasteiger partial charge on any atom is -0.482 e. The van der Waals surface area contributed by atoms with E-state index < -0.39 is 30.5 Å². The lowest BCUT2D eigenvalue weighted by Crippen LogP contribution is -2.34. The van der Waals surface area contributed by atoms with Gasteiger partial charge in [0.05, 0.1) is 24.0 Å². The molecule has 0 heterocycles. The first-order valence-electron chi connectivity index (χ1n) is 11.8. The molecule has 192 valence electrons. The molecule has 0 radical (unpaired) electrons. The standard InChI is InChI=1S/C27H31FN2O6/c1-4-25(35-22-10-7-19(8-11-22)26(33)18-5-6-18)17(3)36-30-16(2)20-9-12-23(24(28)13-20)27(34)29-14-21(32)15-31/h7-13,18,21,25,31-32H,3-6,14-15H2,1-2H3,(H,29,34)/b30-16+. The van der Waals surface area contributed by atoms with Crippen LogP contribution in [0, 0.1) is 11.7 Å². The van der Waals surface area contributed by atoms with Gasteiger partial charge in [-0.25, -0.2) is 4.39 Å². The maximum atomic E-state index is 14.5. The first-order valence-corrected chi connectivity index (χ1v) is 11.8. The number of hydrogen-bond donors (Lipinski definition) is 3. The fraction of sp³-hybridized carbons (Fsp3) is 0.370. The highest BCUT2D eigenvalue weighted by Gasteiger charge is 2.30. The van der Waals surface area contributed by atoms with Crippen LogP contribution < -0.4 is 10.1 Å². The topological polar surface area (TPSA) is 117 Å². The molecule has 0 aliphatic heterocycles. The number of aliphatic hydroxyl groups is 2. The summed E-state index contributed by atoms with van der Waals surface area (Å²) in [6.07, 6.45) is 0.842. The summed E-state index contributed by atoms with van der Waals surface area (Å²) < 4.78 is 20.4. The fourth-order valence-electron chi connectivity index (χ4n) is 3.35. The highest BCUT2D eigenvalue weighted by Crippen LogP contribution is 2.33. The van der Waals surface area contributed by atoms with Crippen LogP contribution >= 0.6 is 0 Å². The van der Waals surface area contributed by atoms with Crippen molar-refractivity contribution < 1.29 is 33.8 Å². The van der Waals surface area contributed by atoms with Crippen LogP contribution in [0.5, 0.6) is 5.75 Å². The molecule has 9 heteroatoms. The quantitative estimate of drug-likeness (QED) is 0.168. The molecular formula is C27H31FN2O6. The number of carbonyl (C=O) groups excluding carboxylic acids is 2. The maximum Gasteiger partial charge on any atom is 0.254 e. The number of halogens is 1. The molecule has 0 bridgehead atoms. The fourth-order valence-corrected chi connectivity index (χ4v) is 3.35. The van der Waals surface area contributed by atoms with Gasteiger partial charge >= 0.3 is 0 Å². The minimum atomic E-state index is -1.12. The van der Waals surface area contributed by atoms with Crippen LogP contribution in [0.3, 0.4) is 0 Å². The highest BCUT2D eigenvalue weighted by atomic mass is 19.1. The molecule has 1 amide bonds. The number of amides is 1. The molecule has 2 aromatic carbocycles. The molecule has 3 N–H and O–H groups in total. The van der Waals surface area contributed by atoms with E-state index in [1.54, 1.807) is 31.2 Å². The third kappa shape index (κ3) is 7.22. The van der Waals surface area contributed by atoms with Crippen molar-refractivity contribution in [2.45, 2.75) is 45.3 Å². The number of nitrogens with one attached hydrogen (secondary N) is 1. The second kappa shape index (κ2) is 12.4. The summed E-state index contributed by atoms with van der Waals surface area (Å²) in [5.74, 6) is -0.330. The number of ketones is 1. The smallest absolute Gasteiger partial charge is 0.254 e. The number of benzene rings is 2. The normalized spacial score (nSPS) is 15.1. The van der Waals surface area contributed by atoms with Gasteiger partial charge in [0.15, 0.2) is 17.6 Å². The summed E-state index contributed by atoms with van der Waals surface area (Å²) in [7, 11) is 0. The SMILES string of the molecule is C=C(O/N=C(\C)c1ccc(C(=O)NCC(O)CO)c(F)c1)C(CC)Oc1ccc(C(=O)C2CC2)cc1. The van der Waals surface area contributed by atoms with Crippen molar-refractivity contribution >= 4 is 17.4 Å². The molecule has 3 rings (SSSR count). The van der Waals surface area contributed by atoms with Crippen LogP contribution in [0.15, 0.2) is 60.0 Å².